The van der Waals surface area contributed by atoms with E-state index in [9.17, 15) is 0 Å². The zero-order valence-electron chi connectivity index (χ0n) is 32.0. The molecular weight excluding hydrogens is 697 g/mol. The van der Waals surface area contributed by atoms with E-state index in [0.29, 0.717) is 35.7 Å². The molecule has 0 aliphatic carbocycles. The largest absolute Gasteiger partial charge is 0.341 e. The Morgan fingerprint density at radius 2 is 0.768 bits per heavy atom. The van der Waals surface area contributed by atoms with Gasteiger partial charge in [-0.2, -0.15) is 29.9 Å². The van der Waals surface area contributed by atoms with Crippen LogP contribution in [0.3, 0.4) is 0 Å². The normalized spacial score (nSPS) is 14.5. The van der Waals surface area contributed by atoms with Gasteiger partial charge in [0.2, 0.25) is 35.7 Å². The van der Waals surface area contributed by atoms with E-state index in [-0.39, 0.29) is 0 Å². The monoisotopic (exact) mass is 744 g/mol. The van der Waals surface area contributed by atoms with Gasteiger partial charge >= 0.3 is 0 Å². The third-order valence-corrected chi connectivity index (χ3v) is 10.1. The number of benzene rings is 4. The molecule has 2 aliphatic rings. The van der Waals surface area contributed by atoms with Crippen LogP contribution in [0.4, 0.5) is 58.4 Å². The summed E-state index contributed by atoms with van der Waals surface area (Å²) in [6.45, 7) is 8.01. The molecule has 4 N–H and O–H groups in total. The fourth-order valence-corrected chi connectivity index (χ4v) is 7.04. The van der Waals surface area contributed by atoms with E-state index in [2.05, 4.69) is 93.5 Å². The van der Waals surface area contributed by atoms with Gasteiger partial charge in [-0.3, -0.25) is 0 Å². The zero-order chi connectivity index (χ0) is 38.1. The second kappa shape index (κ2) is 17.3. The van der Waals surface area contributed by atoms with Crippen LogP contribution in [0.15, 0.2) is 97.1 Å². The van der Waals surface area contributed by atoms with Crippen LogP contribution in [0.1, 0.15) is 60.8 Å². The lowest BCUT2D eigenvalue weighted by molar-refractivity contribution is 0.568. The van der Waals surface area contributed by atoms with Crippen molar-refractivity contribution in [3.05, 3.63) is 119 Å². The smallest absolute Gasteiger partial charge is 0.233 e. The van der Waals surface area contributed by atoms with Gasteiger partial charge in [-0.15, -0.1) is 0 Å². The Bertz CT molecular complexity index is 2110. The van der Waals surface area contributed by atoms with E-state index in [1.54, 1.807) is 0 Å². The van der Waals surface area contributed by atoms with Crippen LogP contribution in [0.25, 0.3) is 12.2 Å². The van der Waals surface area contributed by atoms with Crippen molar-refractivity contribution in [2.24, 2.45) is 0 Å². The Hall–Kier alpha value is -6.56. The predicted octanol–water partition coefficient (Wildman–Crippen LogP) is 9.80. The minimum absolute atomic E-state index is 0.509. The first-order chi connectivity index (χ1) is 27.5. The number of anilines is 10. The molecule has 0 spiro atoms. The number of hydrogen-bond acceptors (Lipinski definition) is 12. The van der Waals surface area contributed by atoms with Gasteiger partial charge in [0.1, 0.15) is 0 Å². The van der Waals surface area contributed by atoms with Crippen LogP contribution in [0.2, 0.25) is 0 Å². The van der Waals surface area contributed by atoms with Crippen molar-refractivity contribution in [1.29, 1.82) is 0 Å². The molecular formula is C44H48N12. The molecule has 12 nitrogen and oxygen atoms in total. The average Bonchev–Trinajstić information content (AvgIpc) is 3.22. The highest BCUT2D eigenvalue weighted by Crippen LogP contribution is 2.27. The van der Waals surface area contributed by atoms with E-state index < -0.39 is 0 Å². The molecule has 0 bridgehead atoms. The Kier molecular flexibility index (Phi) is 11.2. The quantitative estimate of drug-likeness (QED) is 0.0890. The summed E-state index contributed by atoms with van der Waals surface area (Å²) in [4.78, 5) is 33.2. The highest BCUT2D eigenvalue weighted by molar-refractivity contribution is 5.75. The average molecular weight is 745 g/mol. The minimum Gasteiger partial charge on any atom is -0.341 e. The van der Waals surface area contributed by atoms with E-state index in [1.807, 2.05) is 60.7 Å². The first-order valence-corrected chi connectivity index (χ1v) is 19.6. The fourth-order valence-electron chi connectivity index (χ4n) is 7.04. The lowest BCUT2D eigenvalue weighted by Crippen LogP contribution is -2.31. The van der Waals surface area contributed by atoms with Crippen molar-refractivity contribution < 1.29 is 0 Å². The summed E-state index contributed by atoms with van der Waals surface area (Å²) in [5, 5.41) is 13.6. The summed E-state index contributed by atoms with van der Waals surface area (Å²) in [5.74, 6) is 3.43. The number of para-hydroxylation sites is 2. The number of rotatable bonds is 12. The number of piperidine rings is 2. The third-order valence-electron chi connectivity index (χ3n) is 10.1. The van der Waals surface area contributed by atoms with Crippen LogP contribution in [-0.2, 0) is 0 Å². The predicted molar refractivity (Wildman–Crippen MR) is 229 cm³/mol. The molecule has 0 radical (unpaired) electrons. The van der Waals surface area contributed by atoms with Gasteiger partial charge in [-0.05, 0) is 123 Å². The molecule has 2 fully saturated rings. The molecule has 2 aromatic heterocycles. The maximum Gasteiger partial charge on any atom is 0.233 e. The third kappa shape index (κ3) is 9.38. The van der Waals surface area contributed by atoms with Crippen LogP contribution in [-0.4, -0.2) is 56.1 Å². The van der Waals surface area contributed by atoms with E-state index >= 15 is 0 Å². The second-order valence-corrected chi connectivity index (χ2v) is 14.4. The van der Waals surface area contributed by atoms with Crippen molar-refractivity contribution in [2.75, 3.05) is 57.2 Å². The molecule has 8 rings (SSSR count). The number of nitrogens with zero attached hydrogens (tertiary/aromatic N) is 8. The first-order valence-electron chi connectivity index (χ1n) is 19.6. The molecule has 284 valence electrons. The summed E-state index contributed by atoms with van der Waals surface area (Å²) in [7, 11) is 0. The number of aryl methyl sites for hydroxylation is 2. The molecule has 0 amide bonds. The summed E-state index contributed by atoms with van der Waals surface area (Å²) in [5.41, 5.74) is 8.21. The topological polar surface area (TPSA) is 132 Å². The molecule has 2 saturated heterocycles. The first kappa shape index (κ1) is 36.4. The van der Waals surface area contributed by atoms with Gasteiger partial charge in [0.25, 0.3) is 0 Å². The SMILES string of the molecule is Cc1cc(Nc2nc(Nc3ccccc3)nc(N3CCCCC3)n2)ccc1C=Cc1ccc(Nc2nc(Nc3ccccc3)nc(N3CCCCC3)n2)cc1C. The van der Waals surface area contributed by atoms with Crippen LogP contribution < -0.4 is 31.1 Å². The summed E-state index contributed by atoms with van der Waals surface area (Å²) >= 11 is 0. The van der Waals surface area contributed by atoms with E-state index in [1.165, 1.54) is 12.8 Å². The minimum atomic E-state index is 0.509. The highest BCUT2D eigenvalue weighted by atomic mass is 15.3. The molecule has 4 heterocycles. The van der Waals surface area contributed by atoms with E-state index in [4.69, 9.17) is 29.9 Å². The van der Waals surface area contributed by atoms with Crippen molar-refractivity contribution in [1.82, 2.24) is 29.9 Å². The molecule has 0 atom stereocenters. The second-order valence-electron chi connectivity index (χ2n) is 14.4. The highest BCUT2D eigenvalue weighted by Gasteiger charge is 2.18. The van der Waals surface area contributed by atoms with Gasteiger partial charge in [-0.1, -0.05) is 60.7 Å². The van der Waals surface area contributed by atoms with Crippen LogP contribution >= 0.6 is 0 Å². The van der Waals surface area contributed by atoms with Gasteiger partial charge in [0.05, 0.1) is 0 Å². The van der Waals surface area contributed by atoms with Crippen molar-refractivity contribution >= 4 is 70.6 Å². The Morgan fingerprint density at radius 3 is 1.12 bits per heavy atom. The zero-order valence-corrected chi connectivity index (χ0v) is 32.0. The lowest BCUT2D eigenvalue weighted by atomic mass is 10.0. The van der Waals surface area contributed by atoms with Gasteiger partial charge < -0.3 is 31.1 Å². The fraction of sp³-hybridized carbons (Fsp3) is 0.273. The molecule has 0 saturated carbocycles. The van der Waals surface area contributed by atoms with Gasteiger partial charge in [-0.25, -0.2) is 0 Å². The molecule has 0 unspecified atom stereocenters. The van der Waals surface area contributed by atoms with E-state index in [0.717, 1.165) is 96.9 Å². The Balaban J connectivity index is 0.963. The van der Waals surface area contributed by atoms with Crippen LogP contribution in [0.5, 0.6) is 0 Å². The maximum absolute atomic E-state index is 4.83. The van der Waals surface area contributed by atoms with Crippen molar-refractivity contribution in [2.45, 2.75) is 52.4 Å². The van der Waals surface area contributed by atoms with Crippen molar-refractivity contribution in [3.63, 3.8) is 0 Å². The number of aromatic nitrogens is 6. The van der Waals surface area contributed by atoms with Gasteiger partial charge in [0, 0.05) is 48.9 Å². The Labute approximate surface area is 328 Å². The summed E-state index contributed by atoms with van der Waals surface area (Å²) < 4.78 is 0. The van der Waals surface area contributed by atoms with Gasteiger partial charge in [0.15, 0.2) is 0 Å². The molecule has 12 heteroatoms. The maximum atomic E-state index is 4.83. The molecule has 6 aromatic rings. The number of hydrogen-bond donors (Lipinski definition) is 4. The Morgan fingerprint density at radius 1 is 0.411 bits per heavy atom. The number of nitrogens with one attached hydrogen (secondary N) is 4. The molecule has 2 aliphatic heterocycles. The molecule has 4 aromatic carbocycles. The summed E-state index contributed by atoms with van der Waals surface area (Å²) in [6, 6.07) is 32.6. The van der Waals surface area contributed by atoms with Crippen molar-refractivity contribution in [3.8, 4) is 0 Å². The standard InChI is InChI=1S/C44H48N12/c1-31-29-37(47-41-49-39(45-35-15-7-3-8-16-35)51-43(53-41)55-25-11-5-12-26-55)23-21-33(31)19-20-34-22-24-38(30-32(34)2)48-42-50-40(46-36-17-9-4-10-18-36)52-44(54-42)56-27-13-6-14-28-56/h3-4,7-10,15-24,29-30H,5-6,11-14,25-28H2,1-2H3,(H2,45,47,49,51,53)(H2,46,48,50,52,54). The summed E-state index contributed by atoms with van der Waals surface area (Å²) in [6.07, 6.45) is 11.3. The lowest BCUT2D eigenvalue weighted by Gasteiger charge is -2.27. The molecule has 56 heavy (non-hydrogen) atoms. The van der Waals surface area contributed by atoms with Crippen LogP contribution in [0, 0.1) is 13.8 Å².